The van der Waals surface area contributed by atoms with E-state index in [9.17, 15) is 27.5 Å². The standard InChI is InChI=1S/C24H23F4N3O3/c1-22(2,17-11-15(25)7-9-20(17)34-3)12-23(33,24(26,27)28)13-29-18-5-4-6-19-16(18)8-10-21(31-19)30-14-32/h4-11,13-14,33H,12H2,1-3H3,(H,30,31,32). The van der Waals surface area contributed by atoms with Gasteiger partial charge in [0.2, 0.25) is 6.41 Å². The number of anilines is 1. The quantitative estimate of drug-likeness (QED) is 0.262. The summed E-state index contributed by atoms with van der Waals surface area (Å²) < 4.78 is 61.3. The van der Waals surface area contributed by atoms with Crippen molar-refractivity contribution in [2.45, 2.75) is 37.5 Å². The summed E-state index contributed by atoms with van der Waals surface area (Å²) in [6, 6.07) is 11.2. The fourth-order valence-corrected chi connectivity index (χ4v) is 3.77. The van der Waals surface area contributed by atoms with Crippen LogP contribution in [0.1, 0.15) is 25.8 Å². The third-order valence-electron chi connectivity index (χ3n) is 5.43. The van der Waals surface area contributed by atoms with E-state index in [0.29, 0.717) is 23.5 Å². The van der Waals surface area contributed by atoms with Crippen LogP contribution in [0.5, 0.6) is 5.75 Å². The van der Waals surface area contributed by atoms with E-state index in [-0.39, 0.29) is 22.8 Å². The number of ether oxygens (including phenoxy) is 1. The number of halogens is 4. The van der Waals surface area contributed by atoms with Crippen molar-refractivity contribution in [2.24, 2.45) is 4.99 Å². The topological polar surface area (TPSA) is 83.8 Å². The number of methoxy groups -OCH3 is 1. The normalized spacial score (nSPS) is 14.2. The van der Waals surface area contributed by atoms with Crippen molar-refractivity contribution in [3.63, 3.8) is 0 Å². The van der Waals surface area contributed by atoms with Crippen molar-refractivity contribution in [1.82, 2.24) is 4.98 Å². The molecule has 2 aromatic carbocycles. The average Bonchev–Trinajstić information content (AvgIpc) is 2.76. The highest BCUT2D eigenvalue weighted by molar-refractivity contribution is 5.93. The first kappa shape index (κ1) is 25.1. The minimum Gasteiger partial charge on any atom is -0.496 e. The molecule has 10 heteroatoms. The summed E-state index contributed by atoms with van der Waals surface area (Å²) in [5.74, 6) is -0.172. The molecule has 1 heterocycles. The van der Waals surface area contributed by atoms with Crippen molar-refractivity contribution in [3.8, 4) is 5.75 Å². The summed E-state index contributed by atoms with van der Waals surface area (Å²) in [5, 5.41) is 13.6. The Morgan fingerprint density at radius 2 is 1.88 bits per heavy atom. The molecule has 1 amide bonds. The smallest absolute Gasteiger partial charge is 0.422 e. The van der Waals surface area contributed by atoms with Gasteiger partial charge in [0.05, 0.1) is 18.3 Å². The second kappa shape index (κ2) is 9.38. The van der Waals surface area contributed by atoms with Gasteiger partial charge in [0, 0.05) is 17.2 Å². The molecular formula is C24H23F4N3O3. The lowest BCUT2D eigenvalue weighted by Gasteiger charge is -2.36. The number of aliphatic imine (C=N–C) groups is 1. The highest BCUT2D eigenvalue weighted by Gasteiger charge is 2.55. The largest absolute Gasteiger partial charge is 0.496 e. The number of hydrogen-bond donors (Lipinski definition) is 2. The number of aliphatic hydroxyl groups is 1. The molecule has 3 aromatic rings. The van der Waals surface area contributed by atoms with Crippen LogP contribution in [-0.2, 0) is 10.2 Å². The zero-order valence-corrected chi connectivity index (χ0v) is 18.7. The summed E-state index contributed by atoms with van der Waals surface area (Å²) in [4.78, 5) is 18.8. The highest BCUT2D eigenvalue weighted by atomic mass is 19.4. The Balaban J connectivity index is 2.02. The molecule has 6 nitrogen and oxygen atoms in total. The summed E-state index contributed by atoms with van der Waals surface area (Å²) in [7, 11) is 1.33. The van der Waals surface area contributed by atoms with Crippen molar-refractivity contribution in [2.75, 3.05) is 12.4 Å². The lowest BCUT2D eigenvalue weighted by molar-refractivity contribution is -0.234. The molecule has 180 valence electrons. The maximum Gasteiger partial charge on any atom is 0.422 e. The molecule has 1 atom stereocenters. The average molecular weight is 477 g/mol. The van der Waals surface area contributed by atoms with Crippen LogP contribution >= 0.6 is 0 Å². The molecule has 1 aromatic heterocycles. The van der Waals surface area contributed by atoms with E-state index < -0.39 is 29.4 Å². The fraction of sp³-hybridized carbons (Fsp3) is 0.292. The van der Waals surface area contributed by atoms with Gasteiger partial charge >= 0.3 is 6.18 Å². The Bertz CT molecular complexity index is 1230. The molecule has 0 radical (unpaired) electrons. The molecule has 34 heavy (non-hydrogen) atoms. The summed E-state index contributed by atoms with van der Waals surface area (Å²) in [5.41, 5.74) is -3.97. The van der Waals surface area contributed by atoms with E-state index in [0.717, 1.165) is 12.1 Å². The van der Waals surface area contributed by atoms with Gasteiger partial charge < -0.3 is 15.2 Å². The number of pyridine rings is 1. The maximum absolute atomic E-state index is 14.1. The number of rotatable bonds is 8. The monoisotopic (exact) mass is 477 g/mol. The lowest BCUT2D eigenvalue weighted by atomic mass is 9.74. The van der Waals surface area contributed by atoms with Gasteiger partial charge in [0.25, 0.3) is 0 Å². The second-order valence-corrected chi connectivity index (χ2v) is 8.39. The van der Waals surface area contributed by atoms with Crippen LogP contribution < -0.4 is 10.1 Å². The predicted octanol–water partition coefficient (Wildman–Crippen LogP) is 5.31. The van der Waals surface area contributed by atoms with Crippen LogP contribution in [0.25, 0.3) is 10.9 Å². The number of aromatic nitrogens is 1. The van der Waals surface area contributed by atoms with Crippen molar-refractivity contribution < 1.29 is 32.2 Å². The lowest BCUT2D eigenvalue weighted by Crippen LogP contribution is -2.50. The van der Waals surface area contributed by atoms with E-state index in [1.165, 1.54) is 39.2 Å². The van der Waals surface area contributed by atoms with Crippen LogP contribution in [0.3, 0.4) is 0 Å². The molecule has 0 fully saturated rings. The first-order chi connectivity index (χ1) is 15.9. The number of nitrogens with zero attached hydrogens (tertiary/aromatic N) is 2. The van der Waals surface area contributed by atoms with Crippen molar-refractivity contribution in [1.29, 1.82) is 0 Å². The number of carbonyl (C=O) groups excluding carboxylic acids is 1. The Morgan fingerprint density at radius 3 is 2.53 bits per heavy atom. The number of amides is 1. The number of benzene rings is 2. The van der Waals surface area contributed by atoms with Gasteiger partial charge in [-0.3, -0.25) is 9.79 Å². The second-order valence-electron chi connectivity index (χ2n) is 8.39. The van der Waals surface area contributed by atoms with Gasteiger partial charge in [-0.05, 0) is 54.3 Å². The third-order valence-corrected chi connectivity index (χ3v) is 5.43. The molecule has 0 bridgehead atoms. The molecule has 2 N–H and O–H groups in total. The summed E-state index contributed by atoms with van der Waals surface area (Å²) >= 11 is 0. The molecule has 0 spiro atoms. The third kappa shape index (κ3) is 5.17. The van der Waals surface area contributed by atoms with Gasteiger partial charge in [-0.15, -0.1) is 0 Å². The van der Waals surface area contributed by atoms with Crippen LogP contribution in [-0.4, -0.2) is 41.6 Å². The minimum absolute atomic E-state index is 0.145. The molecule has 0 saturated carbocycles. The van der Waals surface area contributed by atoms with Crippen molar-refractivity contribution in [3.05, 3.63) is 59.9 Å². The molecule has 0 aliphatic carbocycles. The van der Waals surface area contributed by atoms with Crippen LogP contribution in [0.2, 0.25) is 0 Å². The van der Waals surface area contributed by atoms with E-state index in [4.69, 9.17) is 4.74 Å². The number of nitrogens with one attached hydrogen (secondary N) is 1. The van der Waals surface area contributed by atoms with E-state index >= 15 is 0 Å². The molecular weight excluding hydrogens is 454 g/mol. The Morgan fingerprint density at radius 1 is 1.15 bits per heavy atom. The Hall–Kier alpha value is -3.53. The summed E-state index contributed by atoms with van der Waals surface area (Å²) in [6.07, 6.45) is -5.01. The van der Waals surface area contributed by atoms with E-state index in [1.54, 1.807) is 18.2 Å². The minimum atomic E-state index is -5.07. The first-order valence-corrected chi connectivity index (χ1v) is 10.2. The molecule has 0 saturated heterocycles. The fourth-order valence-electron chi connectivity index (χ4n) is 3.77. The number of fused-ring (bicyclic) bond motifs is 1. The summed E-state index contributed by atoms with van der Waals surface area (Å²) in [6.45, 7) is 2.91. The van der Waals surface area contributed by atoms with Crippen LogP contribution in [0, 0.1) is 5.82 Å². The molecule has 0 aliphatic heterocycles. The van der Waals surface area contributed by atoms with E-state index in [1.807, 2.05) is 0 Å². The molecule has 1 unspecified atom stereocenters. The first-order valence-electron chi connectivity index (χ1n) is 10.2. The highest BCUT2D eigenvalue weighted by Crippen LogP contribution is 2.43. The number of alkyl halides is 3. The van der Waals surface area contributed by atoms with Crippen LogP contribution in [0.15, 0.2) is 53.5 Å². The number of carbonyl (C=O) groups is 1. The number of hydrogen-bond acceptors (Lipinski definition) is 5. The Kier molecular flexibility index (Phi) is 6.92. The van der Waals surface area contributed by atoms with Gasteiger partial charge in [0.1, 0.15) is 17.4 Å². The molecule has 0 aliphatic rings. The zero-order chi connectivity index (χ0) is 25.1. The van der Waals surface area contributed by atoms with Gasteiger partial charge in [0.15, 0.2) is 5.60 Å². The molecule has 3 rings (SSSR count). The maximum atomic E-state index is 14.1. The van der Waals surface area contributed by atoms with Gasteiger partial charge in [-0.1, -0.05) is 19.9 Å². The van der Waals surface area contributed by atoms with Gasteiger partial charge in [-0.2, -0.15) is 13.2 Å². The predicted molar refractivity (Wildman–Crippen MR) is 121 cm³/mol. The van der Waals surface area contributed by atoms with Gasteiger partial charge in [-0.25, -0.2) is 9.37 Å². The zero-order valence-electron chi connectivity index (χ0n) is 18.7. The van der Waals surface area contributed by atoms with E-state index in [2.05, 4.69) is 15.3 Å². The van der Waals surface area contributed by atoms with Crippen molar-refractivity contribution >= 4 is 35.0 Å². The van der Waals surface area contributed by atoms with Crippen LogP contribution in [0.4, 0.5) is 29.1 Å². The Labute approximate surface area is 193 Å². The SMILES string of the molecule is COc1ccc(F)cc1C(C)(C)CC(O)(C=Nc1cccc2nc(NC=O)ccc12)C(F)(F)F.